The summed E-state index contributed by atoms with van der Waals surface area (Å²) in [6, 6.07) is 8.22. The van der Waals surface area contributed by atoms with Gasteiger partial charge in [-0.3, -0.25) is 0 Å². The zero-order valence-corrected chi connectivity index (χ0v) is 14.5. The second kappa shape index (κ2) is 6.90. The zero-order chi connectivity index (χ0) is 19.8. The summed E-state index contributed by atoms with van der Waals surface area (Å²) in [6.45, 7) is 3.99. The van der Waals surface area contributed by atoms with Crippen LogP contribution in [0.3, 0.4) is 0 Å². The van der Waals surface area contributed by atoms with E-state index >= 15 is 0 Å². The van der Waals surface area contributed by atoms with Gasteiger partial charge in [-0.1, -0.05) is 13.8 Å². The Morgan fingerprint density at radius 3 is 2.41 bits per heavy atom. The minimum Gasteiger partial charge on any atom is -0.477 e. The van der Waals surface area contributed by atoms with Crippen LogP contribution in [0.2, 0.25) is 0 Å². The summed E-state index contributed by atoms with van der Waals surface area (Å²) in [7, 11) is 0. The fourth-order valence-corrected chi connectivity index (χ4v) is 2.69. The number of hydrogen-bond acceptors (Lipinski definition) is 4. The van der Waals surface area contributed by atoms with Crippen LogP contribution in [-0.4, -0.2) is 32.2 Å². The van der Waals surface area contributed by atoms with Crippen molar-refractivity contribution in [2.24, 2.45) is 5.92 Å². The van der Waals surface area contributed by atoms with Crippen LogP contribution < -0.4 is 4.74 Å². The summed E-state index contributed by atoms with van der Waals surface area (Å²) in [4.78, 5) is 15.4. The van der Waals surface area contributed by atoms with Gasteiger partial charge in [0.25, 0.3) is 0 Å². The number of rotatable bonds is 5. The summed E-state index contributed by atoms with van der Waals surface area (Å²) in [5.41, 5.74) is 2.06. The molecule has 9 heteroatoms. The van der Waals surface area contributed by atoms with Gasteiger partial charge >= 0.3 is 12.3 Å². The van der Waals surface area contributed by atoms with Crippen LogP contribution in [0.5, 0.6) is 5.75 Å². The number of ether oxygens (including phenoxy) is 1. The van der Waals surface area contributed by atoms with Crippen molar-refractivity contribution in [2.45, 2.75) is 26.6 Å². The normalized spacial score (nSPS) is 11.9. The van der Waals surface area contributed by atoms with E-state index in [-0.39, 0.29) is 17.4 Å². The number of fused-ring (bicyclic) bond motifs is 1. The van der Waals surface area contributed by atoms with Gasteiger partial charge in [0, 0.05) is 0 Å². The smallest absolute Gasteiger partial charge is 0.477 e. The first-order valence-corrected chi connectivity index (χ1v) is 8.12. The molecule has 0 radical (unpaired) electrons. The molecule has 1 N–H and O–H groups in total. The van der Waals surface area contributed by atoms with E-state index in [2.05, 4.69) is 14.8 Å². The highest BCUT2D eigenvalue weighted by atomic mass is 19.4. The molecule has 3 aromatic rings. The first-order chi connectivity index (χ1) is 12.6. The maximum atomic E-state index is 12.3. The molecule has 0 saturated carbocycles. The zero-order valence-electron chi connectivity index (χ0n) is 14.5. The van der Waals surface area contributed by atoms with Crippen molar-refractivity contribution >= 4 is 17.0 Å². The first-order valence-electron chi connectivity index (χ1n) is 8.12. The molecule has 1 aromatic carbocycles. The van der Waals surface area contributed by atoms with Gasteiger partial charge in [-0.05, 0) is 48.7 Å². The van der Waals surface area contributed by atoms with Gasteiger partial charge in [-0.15, -0.1) is 13.2 Å². The fourth-order valence-electron chi connectivity index (χ4n) is 2.69. The molecule has 2 heterocycles. The lowest BCUT2D eigenvalue weighted by atomic mass is 10.1. The van der Waals surface area contributed by atoms with E-state index in [4.69, 9.17) is 5.11 Å². The molecule has 2 aromatic heterocycles. The molecule has 0 saturated heterocycles. The highest BCUT2D eigenvalue weighted by Crippen LogP contribution is 2.26. The molecular formula is C18H16F3N3O3. The Morgan fingerprint density at radius 2 is 1.85 bits per heavy atom. The first kappa shape index (κ1) is 18.7. The molecule has 0 spiro atoms. The molecule has 6 nitrogen and oxygen atoms in total. The number of alkyl halides is 3. The molecule has 0 aliphatic rings. The Hall–Kier alpha value is -3.10. The predicted octanol–water partition coefficient (Wildman–Crippen LogP) is 4.22. The average Bonchev–Trinajstić information content (AvgIpc) is 2.91. The largest absolute Gasteiger partial charge is 0.573 e. The van der Waals surface area contributed by atoms with Crippen LogP contribution in [-0.2, 0) is 6.42 Å². The van der Waals surface area contributed by atoms with Gasteiger partial charge in [0.15, 0.2) is 0 Å². The van der Waals surface area contributed by atoms with Gasteiger partial charge in [0.05, 0.1) is 16.9 Å². The third kappa shape index (κ3) is 4.18. The van der Waals surface area contributed by atoms with Gasteiger partial charge < -0.3 is 9.84 Å². The van der Waals surface area contributed by atoms with Crippen molar-refractivity contribution in [2.75, 3.05) is 0 Å². The third-order valence-corrected chi connectivity index (χ3v) is 3.73. The van der Waals surface area contributed by atoms with E-state index in [0.29, 0.717) is 28.8 Å². The van der Waals surface area contributed by atoms with Crippen LogP contribution in [0.25, 0.3) is 16.7 Å². The molecule has 0 fully saturated rings. The van der Waals surface area contributed by atoms with Crippen LogP contribution in [0.4, 0.5) is 13.2 Å². The van der Waals surface area contributed by atoms with Crippen molar-refractivity contribution in [3.8, 4) is 11.4 Å². The van der Waals surface area contributed by atoms with Crippen molar-refractivity contribution < 1.29 is 27.8 Å². The number of aromatic carboxylic acids is 1. The molecule has 0 unspecified atom stereocenters. The topological polar surface area (TPSA) is 77.2 Å². The monoisotopic (exact) mass is 379 g/mol. The molecule has 0 aliphatic carbocycles. The fraction of sp³-hybridized carbons (Fsp3) is 0.278. The number of carboxylic acids is 1. The summed E-state index contributed by atoms with van der Waals surface area (Å²) >= 11 is 0. The van der Waals surface area contributed by atoms with Crippen LogP contribution in [0.1, 0.15) is 30.0 Å². The summed E-state index contributed by atoms with van der Waals surface area (Å²) in [5.74, 6) is -1.22. The number of nitrogens with zero attached hydrogens (tertiary/aromatic N) is 3. The van der Waals surface area contributed by atoms with Crippen molar-refractivity contribution in [1.29, 1.82) is 0 Å². The number of carboxylic acid groups (broad SMARTS) is 1. The average molecular weight is 379 g/mol. The van der Waals surface area contributed by atoms with E-state index in [1.54, 1.807) is 6.07 Å². The lowest BCUT2D eigenvalue weighted by Gasteiger charge is -2.09. The van der Waals surface area contributed by atoms with Crippen molar-refractivity contribution in [1.82, 2.24) is 14.8 Å². The highest BCUT2D eigenvalue weighted by Gasteiger charge is 2.31. The van der Waals surface area contributed by atoms with Crippen molar-refractivity contribution in [3.05, 3.63) is 47.8 Å². The lowest BCUT2D eigenvalue weighted by molar-refractivity contribution is -0.274. The van der Waals surface area contributed by atoms with E-state index in [9.17, 15) is 18.0 Å². The second-order valence-electron chi connectivity index (χ2n) is 6.37. The number of pyridine rings is 1. The number of halogens is 3. The minimum absolute atomic E-state index is 0.0963. The van der Waals surface area contributed by atoms with Gasteiger partial charge in [-0.25, -0.2) is 14.5 Å². The third-order valence-electron chi connectivity index (χ3n) is 3.73. The summed E-state index contributed by atoms with van der Waals surface area (Å²) in [5, 5.41) is 13.7. The maximum absolute atomic E-state index is 12.3. The van der Waals surface area contributed by atoms with Gasteiger partial charge in [0.1, 0.15) is 17.0 Å². The number of benzene rings is 1. The number of carbonyl (C=O) groups is 1. The minimum atomic E-state index is -4.76. The maximum Gasteiger partial charge on any atom is 0.573 e. The highest BCUT2D eigenvalue weighted by molar-refractivity contribution is 5.90. The number of aromatic nitrogens is 3. The quantitative estimate of drug-likeness (QED) is 0.718. The van der Waals surface area contributed by atoms with Crippen molar-refractivity contribution in [3.63, 3.8) is 0 Å². The van der Waals surface area contributed by atoms with Gasteiger partial charge in [0.2, 0.25) is 0 Å². The van der Waals surface area contributed by atoms with Crippen LogP contribution in [0.15, 0.2) is 36.4 Å². The molecule has 0 amide bonds. The number of hydrogen-bond donors (Lipinski definition) is 1. The molecule has 0 atom stereocenters. The van der Waals surface area contributed by atoms with E-state index < -0.39 is 12.3 Å². The Bertz CT molecular complexity index is 979. The predicted molar refractivity (Wildman–Crippen MR) is 91.0 cm³/mol. The Balaban J connectivity index is 2.07. The molecule has 3 rings (SSSR count). The lowest BCUT2D eigenvalue weighted by Crippen LogP contribution is -2.17. The SMILES string of the molecule is CC(C)Cc1nn(-c2ccc(OC(F)(F)F)cc2)c2ccc(C(=O)O)nc12. The van der Waals surface area contributed by atoms with Crippen LogP contribution >= 0.6 is 0 Å². The molecule has 142 valence electrons. The van der Waals surface area contributed by atoms with E-state index in [1.807, 2.05) is 13.8 Å². The summed E-state index contributed by atoms with van der Waals surface area (Å²) in [6.07, 6.45) is -4.18. The molecule has 0 bridgehead atoms. The molecular weight excluding hydrogens is 363 g/mol. The summed E-state index contributed by atoms with van der Waals surface area (Å²) < 4.78 is 42.3. The van der Waals surface area contributed by atoms with E-state index in [0.717, 1.165) is 0 Å². The Morgan fingerprint density at radius 1 is 1.19 bits per heavy atom. The molecule has 0 aliphatic heterocycles. The Kier molecular flexibility index (Phi) is 4.77. The standard InChI is InChI=1S/C18H16F3N3O3/c1-10(2)9-14-16-15(8-7-13(22-16)17(25)26)24(23-14)11-3-5-12(6-4-11)27-18(19,20)21/h3-8,10H,9H2,1-2H3,(H,25,26). The molecule has 27 heavy (non-hydrogen) atoms. The Labute approximate surface area is 152 Å². The second-order valence-corrected chi connectivity index (χ2v) is 6.37. The van der Waals surface area contributed by atoms with E-state index in [1.165, 1.54) is 35.0 Å². The van der Waals surface area contributed by atoms with Crippen LogP contribution in [0, 0.1) is 5.92 Å². The van der Waals surface area contributed by atoms with Gasteiger partial charge in [-0.2, -0.15) is 5.10 Å².